The lowest BCUT2D eigenvalue weighted by Gasteiger charge is -2.35. The smallest absolute Gasteiger partial charge is 0.124 e. The summed E-state index contributed by atoms with van der Waals surface area (Å²) in [4.78, 5) is 6.71. The first-order valence-corrected chi connectivity index (χ1v) is 13.6. The third kappa shape index (κ3) is 7.31. The summed E-state index contributed by atoms with van der Waals surface area (Å²) < 4.78 is 8.66. The summed E-state index contributed by atoms with van der Waals surface area (Å²) in [6.07, 6.45) is 9.17. The first-order valence-electron chi connectivity index (χ1n) is 13.6. The van der Waals surface area contributed by atoms with E-state index in [9.17, 15) is 0 Å². The van der Waals surface area contributed by atoms with Crippen LogP contribution in [0.2, 0.25) is 0 Å². The lowest BCUT2D eigenvalue weighted by atomic mass is 9.90. The Bertz CT molecular complexity index is 1130. The number of benzene rings is 3. The van der Waals surface area contributed by atoms with E-state index in [1.165, 1.54) is 16.7 Å². The van der Waals surface area contributed by atoms with E-state index in [2.05, 4.69) is 105 Å². The molecule has 1 fully saturated rings. The molecule has 0 radical (unpaired) electrons. The summed E-state index contributed by atoms with van der Waals surface area (Å²) in [6.45, 7) is 5.95. The van der Waals surface area contributed by atoms with Crippen molar-refractivity contribution in [1.29, 1.82) is 0 Å². The minimum atomic E-state index is 0.269. The number of nitrogens with one attached hydrogen (secondary N) is 1. The van der Waals surface area contributed by atoms with Gasteiger partial charge in [0.2, 0.25) is 0 Å². The molecule has 37 heavy (non-hydrogen) atoms. The Balaban J connectivity index is 1.11. The SMILES string of the molecule is c1ccc(C(CN2CCC(Oc3ccccc3CNCCCn3ccnc3)CC2)c2ccccc2)cc1. The van der Waals surface area contributed by atoms with Gasteiger partial charge in [0.1, 0.15) is 11.9 Å². The maximum absolute atomic E-state index is 6.55. The molecular weight excluding hydrogens is 456 g/mol. The summed E-state index contributed by atoms with van der Waals surface area (Å²) in [7, 11) is 0. The van der Waals surface area contributed by atoms with Crippen LogP contribution in [-0.4, -0.2) is 46.7 Å². The van der Waals surface area contributed by atoms with Crippen LogP contribution in [0.25, 0.3) is 0 Å². The van der Waals surface area contributed by atoms with Crippen LogP contribution in [-0.2, 0) is 13.1 Å². The van der Waals surface area contributed by atoms with Crippen LogP contribution < -0.4 is 10.1 Å². The molecule has 0 saturated carbocycles. The van der Waals surface area contributed by atoms with E-state index in [-0.39, 0.29) is 6.10 Å². The highest BCUT2D eigenvalue weighted by Gasteiger charge is 2.24. The number of aromatic nitrogens is 2. The fourth-order valence-corrected chi connectivity index (χ4v) is 5.21. The van der Waals surface area contributed by atoms with Crippen LogP contribution in [0, 0.1) is 0 Å². The Labute approximate surface area is 221 Å². The molecule has 0 spiro atoms. The summed E-state index contributed by atoms with van der Waals surface area (Å²) in [5.74, 6) is 1.41. The van der Waals surface area contributed by atoms with Gasteiger partial charge in [0, 0.05) is 56.6 Å². The molecule has 2 heterocycles. The van der Waals surface area contributed by atoms with Crippen LogP contribution in [0.4, 0.5) is 0 Å². The Morgan fingerprint density at radius 3 is 2.22 bits per heavy atom. The van der Waals surface area contributed by atoms with E-state index in [1.54, 1.807) is 0 Å². The molecule has 0 amide bonds. The average molecular weight is 495 g/mol. The van der Waals surface area contributed by atoms with Crippen molar-refractivity contribution in [3.63, 3.8) is 0 Å². The van der Waals surface area contributed by atoms with Crippen molar-refractivity contribution in [1.82, 2.24) is 19.8 Å². The zero-order valence-corrected chi connectivity index (χ0v) is 21.6. The van der Waals surface area contributed by atoms with Crippen molar-refractivity contribution in [2.24, 2.45) is 0 Å². The summed E-state index contributed by atoms with van der Waals surface area (Å²) in [5, 5.41) is 3.58. The molecular formula is C32H38N4O. The third-order valence-electron chi connectivity index (χ3n) is 7.29. The van der Waals surface area contributed by atoms with Crippen molar-refractivity contribution in [3.05, 3.63) is 120 Å². The van der Waals surface area contributed by atoms with Crippen LogP contribution in [0.3, 0.4) is 0 Å². The predicted molar refractivity (Wildman–Crippen MR) is 150 cm³/mol. The highest BCUT2D eigenvalue weighted by atomic mass is 16.5. The zero-order chi connectivity index (χ0) is 25.1. The van der Waals surface area contributed by atoms with Crippen LogP contribution in [0.5, 0.6) is 5.75 Å². The number of ether oxygens (including phenoxy) is 1. The Morgan fingerprint density at radius 2 is 1.54 bits per heavy atom. The number of hydrogen-bond donors (Lipinski definition) is 1. The molecule has 1 aliphatic rings. The Morgan fingerprint density at radius 1 is 0.865 bits per heavy atom. The second-order valence-corrected chi connectivity index (χ2v) is 9.93. The van der Waals surface area contributed by atoms with E-state index in [0.717, 1.165) is 64.3 Å². The van der Waals surface area contributed by atoms with Crippen molar-refractivity contribution in [2.45, 2.75) is 44.4 Å². The second-order valence-electron chi connectivity index (χ2n) is 9.93. The van der Waals surface area contributed by atoms with Crippen molar-refractivity contribution < 1.29 is 4.74 Å². The minimum absolute atomic E-state index is 0.269. The Hall–Kier alpha value is -3.41. The van der Waals surface area contributed by atoms with Gasteiger partial charge in [0.25, 0.3) is 0 Å². The Kier molecular flexibility index (Phi) is 9.02. The maximum Gasteiger partial charge on any atom is 0.124 e. The topological polar surface area (TPSA) is 42.3 Å². The van der Waals surface area contributed by atoms with Gasteiger partial charge in [0.05, 0.1) is 6.33 Å². The van der Waals surface area contributed by atoms with Crippen LogP contribution in [0.15, 0.2) is 104 Å². The van der Waals surface area contributed by atoms with Gasteiger partial charge in [-0.05, 0) is 43.0 Å². The van der Waals surface area contributed by atoms with Gasteiger partial charge >= 0.3 is 0 Å². The van der Waals surface area contributed by atoms with Gasteiger partial charge in [-0.15, -0.1) is 0 Å². The van der Waals surface area contributed by atoms with Crippen LogP contribution >= 0.6 is 0 Å². The van der Waals surface area contributed by atoms with Crippen molar-refractivity contribution in [3.8, 4) is 5.75 Å². The van der Waals surface area contributed by atoms with Crippen molar-refractivity contribution >= 4 is 0 Å². The molecule has 0 unspecified atom stereocenters. The van der Waals surface area contributed by atoms with E-state index >= 15 is 0 Å². The van der Waals surface area contributed by atoms with Crippen LogP contribution in [0.1, 0.15) is 41.9 Å². The molecule has 5 rings (SSSR count). The third-order valence-corrected chi connectivity index (χ3v) is 7.29. The van der Waals surface area contributed by atoms with E-state index in [4.69, 9.17) is 4.74 Å². The van der Waals surface area contributed by atoms with E-state index < -0.39 is 0 Å². The fraction of sp³-hybridized carbons (Fsp3) is 0.344. The number of aryl methyl sites for hydroxylation is 1. The normalized spacial score (nSPS) is 14.7. The largest absolute Gasteiger partial charge is 0.490 e. The lowest BCUT2D eigenvalue weighted by molar-refractivity contribution is 0.0979. The molecule has 192 valence electrons. The summed E-state index contributed by atoms with van der Waals surface area (Å²) in [5.41, 5.74) is 4.01. The fourth-order valence-electron chi connectivity index (χ4n) is 5.21. The molecule has 4 aromatic rings. The number of para-hydroxylation sites is 1. The molecule has 0 bridgehead atoms. The van der Waals surface area contributed by atoms with Gasteiger partial charge in [-0.25, -0.2) is 4.98 Å². The molecule has 5 heteroatoms. The molecule has 3 aromatic carbocycles. The number of likely N-dealkylation sites (tertiary alicyclic amines) is 1. The van der Waals surface area contributed by atoms with Gasteiger partial charge < -0.3 is 19.5 Å². The first-order chi connectivity index (χ1) is 18.3. The quantitative estimate of drug-likeness (QED) is 0.255. The number of hydrogen-bond acceptors (Lipinski definition) is 4. The monoisotopic (exact) mass is 494 g/mol. The minimum Gasteiger partial charge on any atom is -0.490 e. The molecule has 0 atom stereocenters. The number of piperidine rings is 1. The number of nitrogens with zero attached hydrogens (tertiary/aromatic N) is 3. The van der Waals surface area contributed by atoms with Crippen molar-refractivity contribution in [2.75, 3.05) is 26.2 Å². The van der Waals surface area contributed by atoms with E-state index in [1.807, 2.05) is 18.7 Å². The molecule has 1 aromatic heterocycles. The second kappa shape index (κ2) is 13.2. The highest BCUT2D eigenvalue weighted by Crippen LogP contribution is 2.28. The van der Waals surface area contributed by atoms with Gasteiger partial charge in [-0.2, -0.15) is 0 Å². The zero-order valence-electron chi connectivity index (χ0n) is 21.6. The van der Waals surface area contributed by atoms with Gasteiger partial charge in [-0.3, -0.25) is 0 Å². The molecule has 0 aliphatic carbocycles. The molecule has 1 saturated heterocycles. The molecule has 1 N–H and O–H groups in total. The average Bonchev–Trinajstić information content (AvgIpc) is 3.48. The van der Waals surface area contributed by atoms with Gasteiger partial charge in [0.15, 0.2) is 0 Å². The summed E-state index contributed by atoms with van der Waals surface area (Å²) >= 11 is 0. The van der Waals surface area contributed by atoms with Gasteiger partial charge in [-0.1, -0.05) is 78.9 Å². The number of imidazole rings is 1. The maximum atomic E-state index is 6.55. The molecule has 5 nitrogen and oxygen atoms in total. The first kappa shape index (κ1) is 25.2. The predicted octanol–water partition coefficient (Wildman–Crippen LogP) is 5.74. The standard InChI is InChI=1S/C32H38N4O/c1-3-10-27(11-4-1)31(28-12-5-2-6-13-28)25-35-21-16-30(17-22-35)37-32-15-8-7-14-29(32)24-33-18-9-20-36-23-19-34-26-36/h1-8,10-15,19,23,26,30-31,33H,9,16-18,20-22,24-25H2. The highest BCUT2D eigenvalue weighted by molar-refractivity contribution is 5.34. The summed E-state index contributed by atoms with van der Waals surface area (Å²) in [6, 6.07) is 30.3. The molecule has 1 aliphatic heterocycles. The van der Waals surface area contributed by atoms with E-state index in [0.29, 0.717) is 5.92 Å². The lowest BCUT2D eigenvalue weighted by Crippen LogP contribution is -2.40. The number of rotatable bonds is 12.